The molecule has 0 amide bonds. The summed E-state index contributed by atoms with van der Waals surface area (Å²) in [5.74, 6) is 3.11. The Morgan fingerprint density at radius 2 is 1.86 bits per heavy atom. The first-order valence-corrected chi connectivity index (χ1v) is 10.2. The average Bonchev–Trinajstić information content (AvgIpc) is 3.13. The number of nitrogens with one attached hydrogen (secondary N) is 2. The second-order valence-electron chi connectivity index (χ2n) is 6.82. The van der Waals surface area contributed by atoms with Crippen molar-refractivity contribution in [2.75, 3.05) is 20.2 Å². The molecule has 0 bridgehead atoms. The summed E-state index contributed by atoms with van der Waals surface area (Å²) in [4.78, 5) is 4.74. The van der Waals surface area contributed by atoms with Crippen molar-refractivity contribution in [1.29, 1.82) is 0 Å². The molecule has 0 spiro atoms. The lowest BCUT2D eigenvalue weighted by atomic mass is 9.98. The highest BCUT2D eigenvalue weighted by Gasteiger charge is 2.13. The van der Waals surface area contributed by atoms with Gasteiger partial charge in [0.1, 0.15) is 11.5 Å². The van der Waals surface area contributed by atoms with Crippen LogP contribution < -0.4 is 15.4 Å². The van der Waals surface area contributed by atoms with E-state index < -0.39 is 0 Å². The first kappa shape index (κ1) is 25.3. The number of methoxy groups -OCH3 is 1. The van der Waals surface area contributed by atoms with E-state index in [0.717, 1.165) is 61.1 Å². The van der Waals surface area contributed by atoms with Gasteiger partial charge < -0.3 is 19.9 Å². The molecule has 2 rings (SSSR count). The highest BCUT2D eigenvalue weighted by molar-refractivity contribution is 14.0. The zero-order valence-corrected chi connectivity index (χ0v) is 20.6. The third-order valence-corrected chi connectivity index (χ3v) is 4.90. The molecule has 1 aromatic heterocycles. The smallest absolute Gasteiger partial charge is 0.191 e. The number of rotatable bonds is 10. The molecular weight excluding hydrogens is 479 g/mol. The van der Waals surface area contributed by atoms with E-state index in [0.29, 0.717) is 12.5 Å². The molecule has 29 heavy (non-hydrogen) atoms. The van der Waals surface area contributed by atoms with Crippen molar-refractivity contribution in [1.82, 2.24) is 15.8 Å². The second-order valence-corrected chi connectivity index (χ2v) is 6.82. The van der Waals surface area contributed by atoms with Crippen LogP contribution in [0.1, 0.15) is 62.6 Å². The van der Waals surface area contributed by atoms with Gasteiger partial charge in [-0.2, -0.15) is 0 Å². The molecule has 7 heteroatoms. The van der Waals surface area contributed by atoms with Gasteiger partial charge in [0.15, 0.2) is 5.96 Å². The van der Waals surface area contributed by atoms with Gasteiger partial charge in [-0.05, 0) is 43.4 Å². The van der Waals surface area contributed by atoms with Crippen LogP contribution in [0.25, 0.3) is 0 Å². The first-order chi connectivity index (χ1) is 13.6. The summed E-state index contributed by atoms with van der Waals surface area (Å²) in [7, 11) is 1.69. The van der Waals surface area contributed by atoms with Crippen molar-refractivity contribution in [2.45, 2.75) is 59.4 Å². The molecule has 0 aliphatic heterocycles. The Kier molecular flexibility index (Phi) is 11.7. The molecule has 2 N–H and O–H groups in total. The Morgan fingerprint density at radius 1 is 1.14 bits per heavy atom. The lowest BCUT2D eigenvalue weighted by Gasteiger charge is -2.15. The van der Waals surface area contributed by atoms with Crippen LogP contribution in [0.4, 0.5) is 0 Å². The maximum absolute atomic E-state index is 5.44. The van der Waals surface area contributed by atoms with Gasteiger partial charge >= 0.3 is 0 Å². The van der Waals surface area contributed by atoms with Crippen LogP contribution in [0.3, 0.4) is 0 Å². The number of aryl methyl sites for hydroxylation is 2. The number of aromatic nitrogens is 1. The minimum absolute atomic E-state index is 0. The van der Waals surface area contributed by atoms with Crippen molar-refractivity contribution >= 4 is 29.9 Å². The van der Waals surface area contributed by atoms with E-state index in [9.17, 15) is 0 Å². The zero-order chi connectivity index (χ0) is 20.4. The minimum Gasteiger partial charge on any atom is -0.497 e. The van der Waals surface area contributed by atoms with E-state index in [2.05, 4.69) is 55.6 Å². The molecule has 0 saturated carbocycles. The summed E-state index contributed by atoms with van der Waals surface area (Å²) < 4.78 is 10.7. The molecule has 2 aromatic rings. The van der Waals surface area contributed by atoms with Crippen molar-refractivity contribution < 1.29 is 9.26 Å². The van der Waals surface area contributed by atoms with Crippen LogP contribution in [0.15, 0.2) is 33.8 Å². The fraction of sp³-hybridized carbons (Fsp3) is 0.545. The van der Waals surface area contributed by atoms with Crippen LogP contribution in [0.5, 0.6) is 5.75 Å². The van der Waals surface area contributed by atoms with Crippen LogP contribution in [0.2, 0.25) is 0 Å². The Balaban J connectivity index is 0.00000420. The number of hydrogen-bond acceptors (Lipinski definition) is 4. The quantitative estimate of drug-likeness (QED) is 0.274. The molecule has 1 heterocycles. The predicted octanol–water partition coefficient (Wildman–Crippen LogP) is 4.67. The topological polar surface area (TPSA) is 71.7 Å². The average molecular weight is 514 g/mol. The highest BCUT2D eigenvalue weighted by Crippen LogP contribution is 2.21. The molecule has 0 aliphatic rings. The Labute approximate surface area is 191 Å². The molecular formula is C22H35IN4O2. The van der Waals surface area contributed by atoms with Crippen LogP contribution in [-0.4, -0.2) is 31.3 Å². The summed E-state index contributed by atoms with van der Waals surface area (Å²) in [5, 5.41) is 10.9. The van der Waals surface area contributed by atoms with Gasteiger partial charge in [0.05, 0.1) is 19.3 Å². The molecule has 0 radical (unpaired) electrons. The van der Waals surface area contributed by atoms with Crippen molar-refractivity contribution in [2.24, 2.45) is 4.99 Å². The Morgan fingerprint density at radius 3 is 2.45 bits per heavy atom. The van der Waals surface area contributed by atoms with Gasteiger partial charge in [-0.15, -0.1) is 24.0 Å². The predicted molar refractivity (Wildman–Crippen MR) is 130 cm³/mol. The van der Waals surface area contributed by atoms with Gasteiger partial charge in [-0.1, -0.05) is 38.1 Å². The first-order valence-electron chi connectivity index (χ1n) is 10.2. The minimum atomic E-state index is 0. The largest absolute Gasteiger partial charge is 0.497 e. The third kappa shape index (κ3) is 7.53. The number of halogens is 1. The van der Waals surface area contributed by atoms with Gasteiger partial charge in [0, 0.05) is 25.1 Å². The molecule has 0 fully saturated rings. The number of guanidine groups is 1. The summed E-state index contributed by atoms with van der Waals surface area (Å²) in [5.41, 5.74) is 3.44. The molecule has 162 valence electrons. The van der Waals surface area contributed by atoms with Gasteiger partial charge in [-0.3, -0.25) is 0 Å². The summed E-state index contributed by atoms with van der Waals surface area (Å²) in [6, 6.07) is 8.29. The molecule has 1 unspecified atom stereocenters. The fourth-order valence-corrected chi connectivity index (χ4v) is 3.12. The number of benzene rings is 1. The van der Waals surface area contributed by atoms with Crippen molar-refractivity contribution in [3.63, 3.8) is 0 Å². The van der Waals surface area contributed by atoms with Gasteiger partial charge in [-0.25, -0.2) is 4.99 Å². The standard InChI is InChI=1S/C22H34N4O2.HI/c1-6-20-19(21(7-2)28-26-20)15-25-22(23-8-3)24-14-13-16(4)17-9-11-18(27-5)12-10-17;/h9-12,16H,6-8,13-15H2,1-5H3,(H2,23,24,25);1H. The van der Waals surface area contributed by atoms with Crippen molar-refractivity contribution in [3.05, 3.63) is 46.8 Å². The van der Waals surface area contributed by atoms with Crippen LogP contribution in [0, 0.1) is 0 Å². The lowest BCUT2D eigenvalue weighted by Crippen LogP contribution is -2.38. The maximum atomic E-state index is 5.44. The van der Waals surface area contributed by atoms with E-state index in [1.54, 1.807) is 7.11 Å². The van der Waals surface area contributed by atoms with Gasteiger partial charge in [0.2, 0.25) is 0 Å². The van der Waals surface area contributed by atoms with Crippen molar-refractivity contribution in [3.8, 4) is 5.75 Å². The summed E-state index contributed by atoms with van der Waals surface area (Å²) >= 11 is 0. The van der Waals surface area contributed by atoms with Crippen LogP contribution >= 0.6 is 24.0 Å². The van der Waals surface area contributed by atoms with E-state index >= 15 is 0 Å². The van der Waals surface area contributed by atoms with E-state index in [4.69, 9.17) is 14.3 Å². The number of nitrogens with zero attached hydrogens (tertiary/aromatic N) is 2. The third-order valence-electron chi connectivity index (χ3n) is 4.90. The normalized spacial score (nSPS) is 12.2. The molecule has 0 aliphatic carbocycles. The lowest BCUT2D eigenvalue weighted by molar-refractivity contribution is 0.380. The molecule has 1 aromatic carbocycles. The molecule has 1 atom stereocenters. The Bertz CT molecular complexity index is 722. The number of hydrogen-bond donors (Lipinski definition) is 2. The summed E-state index contributed by atoms with van der Waals surface area (Å²) in [6.07, 6.45) is 2.71. The second kappa shape index (κ2) is 13.5. The highest BCUT2D eigenvalue weighted by atomic mass is 127. The van der Waals surface area contributed by atoms with E-state index in [1.807, 2.05) is 12.1 Å². The maximum Gasteiger partial charge on any atom is 0.191 e. The van der Waals surface area contributed by atoms with Gasteiger partial charge in [0.25, 0.3) is 0 Å². The monoisotopic (exact) mass is 514 g/mol. The molecule has 6 nitrogen and oxygen atoms in total. The number of aliphatic imine (C=N–C) groups is 1. The zero-order valence-electron chi connectivity index (χ0n) is 18.2. The van der Waals surface area contributed by atoms with E-state index in [-0.39, 0.29) is 24.0 Å². The summed E-state index contributed by atoms with van der Waals surface area (Å²) in [6.45, 7) is 10.7. The SMILES string of the molecule is CCNC(=NCc1c(CC)noc1CC)NCCC(C)c1ccc(OC)cc1.I. The molecule has 0 saturated heterocycles. The fourth-order valence-electron chi connectivity index (χ4n) is 3.12. The van der Waals surface area contributed by atoms with E-state index in [1.165, 1.54) is 5.56 Å². The Hall–Kier alpha value is -1.77. The van der Waals surface area contributed by atoms with Crippen LogP contribution in [-0.2, 0) is 19.4 Å². The number of ether oxygens (including phenoxy) is 1.